The molecule has 1 rings (SSSR count). The number of hydrogen-bond donors (Lipinski definition) is 0. The molecule has 18 heavy (non-hydrogen) atoms. The molecule has 0 saturated heterocycles. The van der Waals surface area contributed by atoms with Crippen LogP contribution in [0.15, 0.2) is 18.2 Å². The zero-order valence-electron chi connectivity index (χ0n) is 9.53. The maximum Gasteiger partial charge on any atom is 0.232 e. The summed E-state index contributed by atoms with van der Waals surface area (Å²) >= 11 is 0. The Morgan fingerprint density at radius 1 is 1.17 bits per heavy atom. The molecule has 0 saturated carbocycles. The van der Waals surface area contributed by atoms with Crippen molar-refractivity contribution in [2.24, 2.45) is 0 Å². The molecule has 0 fully saturated rings. The molecule has 1 aromatic rings. The molecule has 1 aromatic carbocycles. The molecule has 102 valence electrons. The molecule has 0 aliphatic carbocycles. The van der Waals surface area contributed by atoms with Gasteiger partial charge in [-0.05, 0) is 31.4 Å². The summed E-state index contributed by atoms with van der Waals surface area (Å²) in [5.74, 6) is -2.20. The molecule has 7 heteroatoms. The first-order valence-corrected chi connectivity index (χ1v) is 7.87. The fourth-order valence-corrected chi connectivity index (χ4v) is 2.21. The Hall–Kier alpha value is -0.880. The number of ether oxygens (including phenoxy) is 1. The summed E-state index contributed by atoms with van der Waals surface area (Å²) in [6.07, 6.45) is 1.55. The number of benzene rings is 1. The van der Waals surface area contributed by atoms with Crippen LogP contribution < -0.4 is 4.74 Å². The molecule has 0 N–H and O–H groups in total. The normalized spacial score (nSPS) is 11.5. The lowest BCUT2D eigenvalue weighted by Crippen LogP contribution is -2.02. The van der Waals surface area contributed by atoms with Crippen LogP contribution in [0.4, 0.5) is 8.78 Å². The van der Waals surface area contributed by atoms with E-state index in [0.29, 0.717) is 19.3 Å². The summed E-state index contributed by atoms with van der Waals surface area (Å²) in [6, 6.07) is 3.70. The van der Waals surface area contributed by atoms with Crippen LogP contribution in [0.3, 0.4) is 0 Å². The van der Waals surface area contributed by atoms with E-state index in [0.717, 1.165) is 6.07 Å². The topological polar surface area (TPSA) is 43.4 Å². The Morgan fingerprint density at radius 2 is 1.89 bits per heavy atom. The average molecular weight is 299 g/mol. The van der Waals surface area contributed by atoms with Gasteiger partial charge in [-0.1, -0.05) is 6.07 Å². The molecular weight excluding hydrogens is 286 g/mol. The van der Waals surface area contributed by atoms with E-state index in [1.54, 1.807) is 0 Å². The van der Waals surface area contributed by atoms with Crippen molar-refractivity contribution in [1.82, 2.24) is 0 Å². The fraction of sp³-hybridized carbons (Fsp3) is 0.455. The second-order valence-electron chi connectivity index (χ2n) is 3.70. The number of hydrogen-bond acceptors (Lipinski definition) is 3. The van der Waals surface area contributed by atoms with E-state index in [-0.39, 0.29) is 18.1 Å². The van der Waals surface area contributed by atoms with Gasteiger partial charge in [-0.3, -0.25) is 0 Å². The van der Waals surface area contributed by atoms with Crippen LogP contribution in [-0.2, 0) is 9.05 Å². The van der Waals surface area contributed by atoms with Crippen LogP contribution in [0.5, 0.6) is 5.75 Å². The van der Waals surface area contributed by atoms with Crippen LogP contribution in [0.1, 0.15) is 19.3 Å². The van der Waals surface area contributed by atoms with Gasteiger partial charge in [-0.15, -0.1) is 0 Å². The number of rotatable bonds is 7. The predicted molar refractivity (Wildman–Crippen MR) is 65.3 cm³/mol. The van der Waals surface area contributed by atoms with Gasteiger partial charge >= 0.3 is 0 Å². The zero-order chi connectivity index (χ0) is 13.6. The molecule has 0 aliphatic heterocycles. The first-order chi connectivity index (χ1) is 8.40. The minimum absolute atomic E-state index is 0.0944. The van der Waals surface area contributed by atoms with E-state index >= 15 is 0 Å². The third kappa shape index (κ3) is 5.64. The highest BCUT2D eigenvalue weighted by Crippen LogP contribution is 2.19. The van der Waals surface area contributed by atoms with E-state index < -0.39 is 20.7 Å². The van der Waals surface area contributed by atoms with Crippen molar-refractivity contribution in [2.75, 3.05) is 12.4 Å². The molecule has 0 unspecified atom stereocenters. The number of halogens is 3. The molecule has 0 radical (unpaired) electrons. The lowest BCUT2D eigenvalue weighted by molar-refractivity contribution is 0.286. The third-order valence-electron chi connectivity index (χ3n) is 2.21. The summed E-state index contributed by atoms with van der Waals surface area (Å²) in [7, 11) is 1.58. The Bertz CT molecular complexity index is 491. The first kappa shape index (κ1) is 15.2. The van der Waals surface area contributed by atoms with Crippen molar-refractivity contribution in [3.05, 3.63) is 29.8 Å². The highest BCUT2D eigenvalue weighted by Gasteiger charge is 2.08. The zero-order valence-corrected chi connectivity index (χ0v) is 11.1. The Kier molecular flexibility index (Phi) is 5.81. The van der Waals surface area contributed by atoms with Crippen molar-refractivity contribution >= 4 is 19.7 Å². The molecule has 0 bridgehead atoms. The van der Waals surface area contributed by atoms with E-state index in [4.69, 9.17) is 15.4 Å². The molecule has 3 nitrogen and oxygen atoms in total. The fourth-order valence-electron chi connectivity index (χ4n) is 1.33. The minimum atomic E-state index is -3.45. The van der Waals surface area contributed by atoms with Gasteiger partial charge in [0, 0.05) is 10.7 Å². The lowest BCUT2D eigenvalue weighted by atomic mass is 10.2. The maximum absolute atomic E-state index is 13.1. The second-order valence-corrected chi connectivity index (χ2v) is 6.60. The smallest absolute Gasteiger partial charge is 0.232 e. The van der Waals surface area contributed by atoms with E-state index in [1.165, 1.54) is 12.1 Å². The van der Waals surface area contributed by atoms with Crippen molar-refractivity contribution in [3.8, 4) is 5.75 Å². The van der Waals surface area contributed by atoms with Gasteiger partial charge in [0.2, 0.25) is 14.9 Å². The Balaban J connectivity index is 2.24. The van der Waals surface area contributed by atoms with Gasteiger partial charge in [0.05, 0.1) is 12.4 Å². The largest absolute Gasteiger partial charge is 0.490 e. The van der Waals surface area contributed by atoms with Crippen LogP contribution in [0.2, 0.25) is 0 Å². The molecule has 0 aliphatic rings. The summed E-state index contributed by atoms with van der Waals surface area (Å²) in [5.41, 5.74) is 0. The Labute approximate surface area is 109 Å². The van der Waals surface area contributed by atoms with Crippen LogP contribution in [0, 0.1) is 11.6 Å². The quantitative estimate of drug-likeness (QED) is 0.574. The molecule has 0 atom stereocenters. The standard InChI is InChI=1S/C11H13ClF2O3S/c12-18(15,16)8-3-1-2-7-17-10-6-4-5-9(13)11(10)14/h4-6H,1-3,7-8H2. The highest BCUT2D eigenvalue weighted by molar-refractivity contribution is 8.13. The SMILES string of the molecule is O=S(=O)(Cl)CCCCCOc1cccc(F)c1F. The van der Waals surface area contributed by atoms with E-state index in [9.17, 15) is 17.2 Å². The molecule has 0 amide bonds. The number of unbranched alkanes of at least 4 members (excludes halogenated alkanes) is 2. The lowest BCUT2D eigenvalue weighted by Gasteiger charge is -2.07. The van der Waals surface area contributed by atoms with Crippen molar-refractivity contribution in [2.45, 2.75) is 19.3 Å². The van der Waals surface area contributed by atoms with Gasteiger partial charge < -0.3 is 4.74 Å². The summed E-state index contributed by atoms with van der Waals surface area (Å²) in [6.45, 7) is 0.197. The van der Waals surface area contributed by atoms with Gasteiger partial charge in [-0.2, -0.15) is 4.39 Å². The summed E-state index contributed by atoms with van der Waals surface area (Å²) in [5, 5.41) is 0. The van der Waals surface area contributed by atoms with Crippen molar-refractivity contribution < 1.29 is 21.9 Å². The monoisotopic (exact) mass is 298 g/mol. The van der Waals surface area contributed by atoms with Gasteiger partial charge in [0.25, 0.3) is 0 Å². The minimum Gasteiger partial charge on any atom is -0.490 e. The highest BCUT2D eigenvalue weighted by atomic mass is 35.7. The van der Waals surface area contributed by atoms with Gasteiger partial charge in [0.15, 0.2) is 11.6 Å². The third-order valence-corrected chi connectivity index (χ3v) is 3.45. The Morgan fingerprint density at radius 3 is 2.56 bits per heavy atom. The van der Waals surface area contributed by atoms with Crippen LogP contribution in [0.25, 0.3) is 0 Å². The molecular formula is C11H13ClF2O3S. The summed E-state index contributed by atoms with van der Waals surface area (Å²) in [4.78, 5) is 0. The van der Waals surface area contributed by atoms with Gasteiger partial charge in [-0.25, -0.2) is 12.8 Å². The first-order valence-electron chi connectivity index (χ1n) is 5.39. The van der Waals surface area contributed by atoms with E-state index in [1.807, 2.05) is 0 Å². The van der Waals surface area contributed by atoms with Crippen molar-refractivity contribution in [1.29, 1.82) is 0 Å². The molecule has 0 spiro atoms. The average Bonchev–Trinajstić information content (AvgIpc) is 2.27. The summed E-state index contributed by atoms with van der Waals surface area (Å²) < 4.78 is 52.2. The van der Waals surface area contributed by atoms with Crippen LogP contribution >= 0.6 is 10.7 Å². The maximum atomic E-state index is 13.1. The molecule has 0 aromatic heterocycles. The van der Waals surface area contributed by atoms with E-state index in [2.05, 4.69) is 0 Å². The van der Waals surface area contributed by atoms with Gasteiger partial charge in [0.1, 0.15) is 0 Å². The van der Waals surface area contributed by atoms with Crippen LogP contribution in [-0.4, -0.2) is 20.8 Å². The predicted octanol–water partition coefficient (Wildman–Crippen LogP) is 3.08. The van der Waals surface area contributed by atoms with Crippen molar-refractivity contribution in [3.63, 3.8) is 0 Å². The second kappa shape index (κ2) is 6.89. The molecule has 0 heterocycles.